The van der Waals surface area contributed by atoms with Gasteiger partial charge in [-0.2, -0.15) is 0 Å². The van der Waals surface area contributed by atoms with Crippen molar-refractivity contribution in [2.24, 2.45) is 0 Å². The molecule has 0 spiro atoms. The topological polar surface area (TPSA) is 145 Å². The maximum atomic E-state index is 12.8. The molecule has 2 heterocycles. The number of epoxide rings is 1. The van der Waals surface area contributed by atoms with Crippen molar-refractivity contribution in [3.63, 3.8) is 0 Å². The molecule has 6 rings (SSSR count). The molecule has 43 heavy (non-hydrogen) atoms. The molecule has 0 aromatic heterocycles. The summed E-state index contributed by atoms with van der Waals surface area (Å²) < 4.78 is 27.2. The van der Waals surface area contributed by atoms with Crippen molar-refractivity contribution in [3.05, 3.63) is 95.4 Å². The maximum absolute atomic E-state index is 12.8. The highest BCUT2D eigenvalue weighted by atomic mass is 16.7. The van der Waals surface area contributed by atoms with Gasteiger partial charge in [-0.05, 0) is 39.9 Å². The van der Waals surface area contributed by atoms with Crippen LogP contribution in [0.1, 0.15) is 29.0 Å². The number of esters is 1. The molecule has 3 aromatic rings. The summed E-state index contributed by atoms with van der Waals surface area (Å²) in [4.78, 5) is 37.3. The van der Waals surface area contributed by atoms with E-state index in [1.165, 1.54) is 7.11 Å². The van der Waals surface area contributed by atoms with Crippen LogP contribution in [0.2, 0.25) is 0 Å². The highest BCUT2D eigenvalue weighted by molar-refractivity contribution is 5.92. The number of benzene rings is 3. The van der Waals surface area contributed by atoms with E-state index in [4.69, 9.17) is 23.7 Å². The van der Waals surface area contributed by atoms with Gasteiger partial charge in [-0.25, -0.2) is 9.59 Å². The number of hydrogen-bond acceptors (Lipinski definition) is 9. The number of nitrogens with one attached hydrogen (secondary N) is 2. The molecule has 3 aliphatic rings. The van der Waals surface area contributed by atoms with Crippen LogP contribution in [0.4, 0.5) is 10.5 Å². The zero-order chi connectivity index (χ0) is 29.9. The summed E-state index contributed by atoms with van der Waals surface area (Å²) in [5.74, 6) is -0.810. The minimum Gasteiger partial charge on any atom is -0.466 e. The number of alkyl carbamates (subject to hydrolysis) is 1. The van der Waals surface area contributed by atoms with Crippen molar-refractivity contribution in [2.75, 3.05) is 25.6 Å². The average Bonchev–Trinajstić information content (AvgIpc) is 3.74. The Hall–Kier alpha value is -4.87. The molecule has 0 saturated carbocycles. The van der Waals surface area contributed by atoms with Crippen LogP contribution in [0, 0.1) is 0 Å². The Morgan fingerprint density at radius 3 is 2.40 bits per heavy atom. The van der Waals surface area contributed by atoms with Crippen molar-refractivity contribution in [1.29, 1.82) is 0 Å². The SMILES string of the molecule is COC(=O)C1OC(Oc2ccc(CO)cc2NC(=O)CCNC(=O)OCC2c3ccccc3-c3ccccc32)=C[C@H]2O[C@H]12. The van der Waals surface area contributed by atoms with E-state index in [0.717, 1.165) is 22.3 Å². The number of aliphatic hydroxyl groups is 1. The first-order chi connectivity index (χ1) is 20.9. The maximum Gasteiger partial charge on any atom is 0.407 e. The van der Waals surface area contributed by atoms with Crippen LogP contribution in [-0.4, -0.2) is 61.6 Å². The quantitative estimate of drug-likeness (QED) is 0.240. The second-order valence-corrected chi connectivity index (χ2v) is 10.3. The molecule has 1 unspecified atom stereocenters. The minimum atomic E-state index is -0.964. The van der Waals surface area contributed by atoms with E-state index in [1.54, 1.807) is 24.3 Å². The van der Waals surface area contributed by atoms with E-state index < -0.39 is 30.2 Å². The zero-order valence-corrected chi connectivity index (χ0v) is 23.3. The Morgan fingerprint density at radius 1 is 0.977 bits per heavy atom. The average molecular weight is 587 g/mol. The number of amides is 2. The lowest BCUT2D eigenvalue weighted by molar-refractivity contribution is -0.155. The molecule has 0 radical (unpaired) electrons. The monoisotopic (exact) mass is 586 g/mol. The van der Waals surface area contributed by atoms with Crippen molar-refractivity contribution in [2.45, 2.75) is 37.3 Å². The highest BCUT2D eigenvalue weighted by Gasteiger charge is 2.53. The van der Waals surface area contributed by atoms with E-state index in [1.807, 2.05) is 36.4 Å². The number of carbonyl (C=O) groups excluding carboxylic acids is 3. The molecule has 3 N–H and O–H groups in total. The van der Waals surface area contributed by atoms with Gasteiger partial charge in [0.15, 0.2) is 5.75 Å². The first-order valence-electron chi connectivity index (χ1n) is 13.9. The van der Waals surface area contributed by atoms with Crippen LogP contribution in [0.5, 0.6) is 5.75 Å². The van der Waals surface area contributed by atoms with Crippen molar-refractivity contribution in [1.82, 2.24) is 5.32 Å². The molecule has 3 aromatic carbocycles. The lowest BCUT2D eigenvalue weighted by Crippen LogP contribution is -2.35. The lowest BCUT2D eigenvalue weighted by atomic mass is 9.98. The molecule has 2 aliphatic heterocycles. The van der Waals surface area contributed by atoms with Gasteiger partial charge in [0.1, 0.15) is 18.8 Å². The van der Waals surface area contributed by atoms with Crippen LogP contribution in [0.15, 0.2) is 78.8 Å². The van der Waals surface area contributed by atoms with Crippen molar-refractivity contribution < 1.29 is 43.2 Å². The van der Waals surface area contributed by atoms with E-state index >= 15 is 0 Å². The summed E-state index contributed by atoms with van der Waals surface area (Å²) in [5.41, 5.74) is 5.30. The Bertz CT molecular complexity index is 1540. The Morgan fingerprint density at radius 2 is 1.70 bits per heavy atom. The van der Waals surface area contributed by atoms with Crippen LogP contribution in [-0.2, 0) is 35.1 Å². The first kappa shape index (κ1) is 28.3. The molecule has 11 nitrogen and oxygen atoms in total. The minimum absolute atomic E-state index is 0.0262. The van der Waals surface area contributed by atoms with Crippen molar-refractivity contribution >= 4 is 23.7 Å². The second kappa shape index (κ2) is 12.2. The Balaban J connectivity index is 1.02. The number of rotatable bonds is 10. The van der Waals surface area contributed by atoms with Gasteiger partial charge in [0.2, 0.25) is 12.0 Å². The van der Waals surface area contributed by atoms with Gasteiger partial charge >= 0.3 is 12.1 Å². The van der Waals surface area contributed by atoms with E-state index in [0.29, 0.717) is 5.56 Å². The number of ether oxygens (including phenoxy) is 5. The molecule has 0 bridgehead atoms. The third kappa shape index (κ3) is 6.04. The van der Waals surface area contributed by atoms with Crippen LogP contribution < -0.4 is 15.4 Å². The summed E-state index contributed by atoms with van der Waals surface area (Å²) >= 11 is 0. The van der Waals surface area contributed by atoms with E-state index in [2.05, 4.69) is 22.8 Å². The number of anilines is 1. The number of methoxy groups -OCH3 is 1. The van der Waals surface area contributed by atoms with Crippen LogP contribution in [0.25, 0.3) is 11.1 Å². The zero-order valence-electron chi connectivity index (χ0n) is 23.3. The second-order valence-electron chi connectivity index (χ2n) is 10.3. The molecule has 1 saturated heterocycles. The molecular formula is C32H30N2O9. The Kier molecular flexibility index (Phi) is 7.99. The van der Waals surface area contributed by atoms with Gasteiger partial charge in [-0.1, -0.05) is 54.6 Å². The molecule has 1 fully saturated rings. The molecule has 222 valence electrons. The van der Waals surface area contributed by atoms with Crippen LogP contribution in [0.3, 0.4) is 0 Å². The Labute approximate surface area is 247 Å². The summed E-state index contributed by atoms with van der Waals surface area (Å²) in [6.07, 6.45) is -0.814. The smallest absolute Gasteiger partial charge is 0.407 e. The van der Waals surface area contributed by atoms with Gasteiger partial charge in [-0.3, -0.25) is 4.79 Å². The van der Waals surface area contributed by atoms with E-state index in [-0.39, 0.29) is 55.6 Å². The van der Waals surface area contributed by atoms with E-state index in [9.17, 15) is 19.5 Å². The molecular weight excluding hydrogens is 556 g/mol. The molecule has 11 heteroatoms. The summed E-state index contributed by atoms with van der Waals surface area (Å²) in [6, 6.07) is 20.9. The fourth-order valence-corrected chi connectivity index (χ4v) is 5.35. The summed E-state index contributed by atoms with van der Waals surface area (Å²) in [6.45, 7) is -0.0519. The van der Waals surface area contributed by atoms with Gasteiger partial charge in [-0.15, -0.1) is 0 Å². The predicted octanol–water partition coefficient (Wildman–Crippen LogP) is 3.61. The van der Waals surface area contributed by atoms with Gasteiger partial charge in [0.25, 0.3) is 5.95 Å². The largest absolute Gasteiger partial charge is 0.466 e. The summed E-state index contributed by atoms with van der Waals surface area (Å²) in [5, 5.41) is 15.0. The number of aliphatic hydroxyl groups excluding tert-OH is 1. The normalized spacial score (nSPS) is 19.5. The lowest BCUT2D eigenvalue weighted by Gasteiger charge is -2.21. The number of hydrogen-bond donors (Lipinski definition) is 3. The van der Waals surface area contributed by atoms with Gasteiger partial charge in [0, 0.05) is 25.0 Å². The number of fused-ring (bicyclic) bond motifs is 4. The fourth-order valence-electron chi connectivity index (χ4n) is 5.35. The highest BCUT2D eigenvalue weighted by Crippen LogP contribution is 2.44. The van der Waals surface area contributed by atoms with Gasteiger partial charge < -0.3 is 39.4 Å². The van der Waals surface area contributed by atoms with Crippen molar-refractivity contribution in [3.8, 4) is 16.9 Å². The third-order valence-corrected chi connectivity index (χ3v) is 7.51. The standard InChI is InChI=1S/C32H30N2O9/c1-39-31(37)30-29-26(42-29)15-28(43-30)41-25-11-10-18(16-35)14-24(25)34-27(36)12-13-33-32(38)40-17-23-21-8-4-2-6-19(21)20-7-3-5-9-22(20)23/h2-11,14-15,23,26,29-30,35H,12-13,16-17H2,1H3,(H,33,38)(H,34,36)/t26-,29+,30?/m1/s1. The third-order valence-electron chi connectivity index (χ3n) is 7.51. The first-order valence-corrected chi connectivity index (χ1v) is 13.9. The van der Waals surface area contributed by atoms with Gasteiger partial charge in [0.05, 0.1) is 19.4 Å². The molecule has 3 atom stereocenters. The molecule has 1 aliphatic carbocycles. The molecule has 2 amide bonds. The van der Waals surface area contributed by atoms with Crippen LogP contribution >= 0.6 is 0 Å². The predicted molar refractivity (Wildman–Crippen MR) is 153 cm³/mol. The fraction of sp³-hybridized carbons (Fsp3) is 0.281. The summed E-state index contributed by atoms with van der Waals surface area (Å²) in [7, 11) is 1.26. The number of carbonyl (C=O) groups is 3.